The van der Waals surface area contributed by atoms with E-state index in [9.17, 15) is 4.39 Å². The predicted octanol–water partition coefficient (Wildman–Crippen LogP) is 2.96. The molecule has 3 unspecified atom stereocenters. The van der Waals surface area contributed by atoms with Gasteiger partial charge in [-0.25, -0.2) is 14.4 Å². The lowest BCUT2D eigenvalue weighted by Gasteiger charge is -2.17. The van der Waals surface area contributed by atoms with Gasteiger partial charge in [-0.15, -0.1) is 0 Å². The fraction of sp³-hybridized carbons (Fsp3) is 0.600. The van der Waals surface area contributed by atoms with Crippen LogP contribution in [0.5, 0.6) is 0 Å². The maximum atomic E-state index is 13.2. The molecule has 0 saturated carbocycles. The van der Waals surface area contributed by atoms with Crippen LogP contribution in [0, 0.1) is 5.82 Å². The van der Waals surface area contributed by atoms with E-state index >= 15 is 0 Å². The summed E-state index contributed by atoms with van der Waals surface area (Å²) >= 11 is 11.3. The monoisotopic (exact) mass is 262 g/mol. The Morgan fingerprint density at radius 1 is 1.19 bits per heavy atom. The molecule has 1 aromatic rings. The molecule has 0 spiro atoms. The minimum Gasteiger partial charge on any atom is -0.374 e. The standard InChI is InChI=1S/C10H9Cl2FN2O/c11-8-7(13)9(12)15-10(14-8)5-3-4-1-2-6(5)16-4/h4-6H,1-3H2. The van der Waals surface area contributed by atoms with Gasteiger partial charge in [0.1, 0.15) is 5.82 Å². The normalized spacial score (nSPS) is 32.3. The molecule has 2 aliphatic rings. The van der Waals surface area contributed by atoms with Crippen LogP contribution in [0.4, 0.5) is 4.39 Å². The number of halogens is 3. The van der Waals surface area contributed by atoms with E-state index in [1.54, 1.807) is 0 Å². The van der Waals surface area contributed by atoms with E-state index in [0.29, 0.717) is 11.9 Å². The van der Waals surface area contributed by atoms with Crippen LogP contribution < -0.4 is 0 Å². The summed E-state index contributed by atoms with van der Waals surface area (Å²) in [7, 11) is 0. The summed E-state index contributed by atoms with van der Waals surface area (Å²) in [5.74, 6) is -0.144. The Hall–Kier alpha value is -0.450. The molecule has 86 valence electrons. The number of rotatable bonds is 1. The third kappa shape index (κ3) is 1.60. The first-order chi connectivity index (χ1) is 7.65. The molecule has 2 saturated heterocycles. The van der Waals surface area contributed by atoms with Crippen molar-refractivity contribution in [2.75, 3.05) is 0 Å². The van der Waals surface area contributed by atoms with Crippen LogP contribution in [0.1, 0.15) is 31.0 Å². The van der Waals surface area contributed by atoms with Crippen LogP contribution in [-0.2, 0) is 4.74 Å². The minimum absolute atomic E-state index is 0.106. The molecule has 0 N–H and O–H groups in total. The van der Waals surface area contributed by atoms with E-state index in [4.69, 9.17) is 27.9 Å². The molecule has 3 nitrogen and oxygen atoms in total. The molecular formula is C10H9Cl2FN2O. The fourth-order valence-electron chi connectivity index (χ4n) is 2.48. The van der Waals surface area contributed by atoms with Gasteiger partial charge in [0.2, 0.25) is 0 Å². The Morgan fingerprint density at radius 3 is 2.38 bits per heavy atom. The van der Waals surface area contributed by atoms with Gasteiger partial charge in [-0.3, -0.25) is 0 Å². The van der Waals surface area contributed by atoms with Crippen LogP contribution in [0.3, 0.4) is 0 Å². The Morgan fingerprint density at radius 2 is 1.88 bits per heavy atom. The molecule has 6 heteroatoms. The van der Waals surface area contributed by atoms with Gasteiger partial charge in [-0.1, -0.05) is 23.2 Å². The molecule has 3 rings (SSSR count). The maximum absolute atomic E-state index is 13.2. The molecule has 0 radical (unpaired) electrons. The summed E-state index contributed by atoms with van der Waals surface area (Å²) in [6.07, 6.45) is 3.40. The summed E-state index contributed by atoms with van der Waals surface area (Å²) in [5, 5.41) is -0.421. The zero-order valence-electron chi connectivity index (χ0n) is 8.29. The van der Waals surface area contributed by atoms with Crippen LogP contribution >= 0.6 is 23.2 Å². The zero-order chi connectivity index (χ0) is 11.3. The van der Waals surface area contributed by atoms with Gasteiger partial charge in [0.15, 0.2) is 16.1 Å². The van der Waals surface area contributed by atoms with Gasteiger partial charge in [-0.05, 0) is 19.3 Å². The van der Waals surface area contributed by atoms with E-state index < -0.39 is 5.82 Å². The molecule has 2 fully saturated rings. The maximum Gasteiger partial charge on any atom is 0.197 e. The number of ether oxygens (including phenoxy) is 1. The first-order valence-electron chi connectivity index (χ1n) is 5.19. The average Bonchev–Trinajstić information content (AvgIpc) is 2.86. The average molecular weight is 263 g/mol. The van der Waals surface area contributed by atoms with Crippen LogP contribution in [0.2, 0.25) is 10.3 Å². The lowest BCUT2D eigenvalue weighted by molar-refractivity contribution is 0.0998. The highest BCUT2D eigenvalue weighted by Gasteiger charge is 2.43. The number of hydrogen-bond donors (Lipinski definition) is 0. The molecule has 1 aromatic heterocycles. The van der Waals surface area contributed by atoms with Crippen molar-refractivity contribution in [3.8, 4) is 0 Å². The van der Waals surface area contributed by atoms with Gasteiger partial charge >= 0.3 is 0 Å². The van der Waals surface area contributed by atoms with Crippen LogP contribution in [0.25, 0.3) is 0 Å². The quantitative estimate of drug-likeness (QED) is 0.730. The lowest BCUT2D eigenvalue weighted by atomic mass is 9.88. The highest BCUT2D eigenvalue weighted by Crippen LogP contribution is 2.43. The summed E-state index contributed by atoms with van der Waals surface area (Å²) < 4.78 is 18.9. The van der Waals surface area contributed by atoms with E-state index in [1.807, 2.05) is 0 Å². The van der Waals surface area contributed by atoms with Crippen LogP contribution in [-0.4, -0.2) is 22.2 Å². The predicted molar refractivity (Wildman–Crippen MR) is 57.3 cm³/mol. The van der Waals surface area contributed by atoms with Crippen molar-refractivity contribution in [1.82, 2.24) is 9.97 Å². The molecule has 3 atom stereocenters. The van der Waals surface area contributed by atoms with Crippen molar-refractivity contribution in [3.63, 3.8) is 0 Å². The molecule has 16 heavy (non-hydrogen) atoms. The van der Waals surface area contributed by atoms with Gasteiger partial charge in [-0.2, -0.15) is 0 Å². The van der Waals surface area contributed by atoms with Crippen molar-refractivity contribution in [3.05, 3.63) is 21.9 Å². The summed E-state index contributed by atoms with van der Waals surface area (Å²) in [6, 6.07) is 0. The molecule has 0 aromatic carbocycles. The molecule has 0 aliphatic carbocycles. The first kappa shape index (κ1) is 10.7. The third-order valence-corrected chi connectivity index (χ3v) is 3.73. The highest BCUT2D eigenvalue weighted by atomic mass is 35.5. The van der Waals surface area contributed by atoms with E-state index in [2.05, 4.69) is 9.97 Å². The molecule has 2 aliphatic heterocycles. The molecule has 0 amide bonds. The smallest absolute Gasteiger partial charge is 0.197 e. The van der Waals surface area contributed by atoms with Gasteiger partial charge in [0.05, 0.1) is 12.2 Å². The fourth-order valence-corrected chi connectivity index (χ4v) is 2.89. The van der Waals surface area contributed by atoms with Crippen molar-refractivity contribution < 1.29 is 9.13 Å². The molecule has 3 heterocycles. The lowest BCUT2D eigenvalue weighted by Crippen LogP contribution is -2.17. The number of aromatic nitrogens is 2. The van der Waals surface area contributed by atoms with Gasteiger partial charge < -0.3 is 4.74 Å². The van der Waals surface area contributed by atoms with Crippen molar-refractivity contribution in [2.24, 2.45) is 0 Å². The summed E-state index contributed by atoms with van der Waals surface area (Å²) in [4.78, 5) is 7.90. The van der Waals surface area contributed by atoms with Gasteiger partial charge in [0.25, 0.3) is 0 Å². The Balaban J connectivity index is 1.95. The van der Waals surface area contributed by atoms with E-state index in [-0.39, 0.29) is 22.3 Å². The highest BCUT2D eigenvalue weighted by molar-refractivity contribution is 6.33. The Bertz CT molecular complexity index is 420. The molecule has 2 bridgehead atoms. The second kappa shape index (κ2) is 3.79. The number of hydrogen-bond acceptors (Lipinski definition) is 3. The second-order valence-corrected chi connectivity index (χ2v) is 4.91. The Labute approximate surface area is 102 Å². The van der Waals surface area contributed by atoms with Gasteiger partial charge in [0, 0.05) is 5.92 Å². The SMILES string of the molecule is Fc1c(Cl)nc(C2CC3CCC2O3)nc1Cl. The van der Waals surface area contributed by atoms with E-state index in [0.717, 1.165) is 19.3 Å². The second-order valence-electron chi connectivity index (χ2n) is 4.19. The third-order valence-electron chi connectivity index (χ3n) is 3.23. The van der Waals surface area contributed by atoms with Crippen molar-refractivity contribution in [1.29, 1.82) is 0 Å². The summed E-state index contributed by atoms with van der Waals surface area (Å²) in [5.41, 5.74) is 0. The largest absolute Gasteiger partial charge is 0.374 e. The number of fused-ring (bicyclic) bond motifs is 2. The number of nitrogens with zero attached hydrogens (tertiary/aromatic N) is 2. The Kier molecular flexibility index (Phi) is 2.53. The van der Waals surface area contributed by atoms with Crippen molar-refractivity contribution >= 4 is 23.2 Å². The summed E-state index contributed by atoms with van der Waals surface area (Å²) in [6.45, 7) is 0. The molecular weight excluding hydrogens is 254 g/mol. The topological polar surface area (TPSA) is 35.0 Å². The van der Waals surface area contributed by atoms with E-state index in [1.165, 1.54) is 0 Å². The van der Waals surface area contributed by atoms with Crippen LogP contribution in [0.15, 0.2) is 0 Å². The minimum atomic E-state index is -0.754. The van der Waals surface area contributed by atoms with Crippen molar-refractivity contribution in [2.45, 2.75) is 37.4 Å². The zero-order valence-corrected chi connectivity index (χ0v) is 9.80. The first-order valence-corrected chi connectivity index (χ1v) is 5.94.